The van der Waals surface area contributed by atoms with E-state index in [-0.39, 0.29) is 11.6 Å². The molecule has 1 aliphatic rings. The van der Waals surface area contributed by atoms with E-state index in [1.165, 1.54) is 4.68 Å². The minimum atomic E-state index is -0.760. The van der Waals surface area contributed by atoms with E-state index in [0.717, 1.165) is 10.5 Å². The van der Waals surface area contributed by atoms with Crippen LogP contribution in [0.4, 0.5) is 0 Å². The molecule has 26 heavy (non-hydrogen) atoms. The maximum atomic E-state index is 12.5. The first kappa shape index (κ1) is 17.5. The van der Waals surface area contributed by atoms with Crippen LogP contribution in [0.1, 0.15) is 24.2 Å². The van der Waals surface area contributed by atoms with Crippen molar-refractivity contribution in [3.8, 4) is 0 Å². The van der Waals surface area contributed by atoms with Gasteiger partial charge in [0.05, 0.1) is 0 Å². The molecule has 0 atom stereocenters. The van der Waals surface area contributed by atoms with Crippen molar-refractivity contribution in [3.05, 3.63) is 41.7 Å². The Kier molecular flexibility index (Phi) is 5.16. The van der Waals surface area contributed by atoms with E-state index in [9.17, 15) is 14.4 Å². The lowest BCUT2D eigenvalue weighted by molar-refractivity contribution is -0.151. The van der Waals surface area contributed by atoms with E-state index in [2.05, 4.69) is 15.5 Å². The second kappa shape index (κ2) is 7.68. The molecule has 1 saturated heterocycles. The summed E-state index contributed by atoms with van der Waals surface area (Å²) in [7, 11) is 0. The number of imide groups is 1. The molecule has 0 radical (unpaired) electrons. The maximum Gasteiger partial charge on any atom is 0.357 e. The van der Waals surface area contributed by atoms with Crippen LogP contribution in [-0.2, 0) is 19.1 Å². The summed E-state index contributed by atoms with van der Waals surface area (Å²) in [5.41, 5.74) is 0.814. The standard InChI is InChI=1S/C17H17N5O4/c1-12-18-19-20-22(12)14(10-13-6-3-2-4-7-13)17(25)26-11-16(24)21-9-5-8-15(21)23/h2-4,6-7,10H,5,8-9,11H2,1H3. The first-order chi connectivity index (χ1) is 12.6. The number of nitrogens with zero attached hydrogens (tertiary/aromatic N) is 5. The number of aromatic nitrogens is 4. The van der Waals surface area contributed by atoms with Crippen molar-refractivity contribution in [2.45, 2.75) is 19.8 Å². The van der Waals surface area contributed by atoms with Gasteiger partial charge in [-0.3, -0.25) is 14.5 Å². The summed E-state index contributed by atoms with van der Waals surface area (Å²) < 4.78 is 6.35. The van der Waals surface area contributed by atoms with Gasteiger partial charge in [-0.15, -0.1) is 5.10 Å². The number of hydrogen-bond donors (Lipinski definition) is 0. The third-order valence-corrected chi connectivity index (χ3v) is 3.87. The second-order valence-corrected chi connectivity index (χ2v) is 5.70. The molecule has 2 aromatic rings. The van der Waals surface area contributed by atoms with Gasteiger partial charge in [-0.1, -0.05) is 30.3 Å². The number of amides is 2. The molecule has 1 aliphatic heterocycles. The number of carbonyl (C=O) groups is 3. The van der Waals surface area contributed by atoms with Gasteiger partial charge < -0.3 is 4.74 Å². The molecule has 134 valence electrons. The van der Waals surface area contributed by atoms with E-state index in [4.69, 9.17) is 4.74 Å². The maximum absolute atomic E-state index is 12.5. The molecule has 0 aliphatic carbocycles. The normalized spacial score (nSPS) is 14.6. The number of likely N-dealkylation sites (tertiary alicyclic amines) is 1. The highest BCUT2D eigenvalue weighted by atomic mass is 16.5. The number of esters is 1. The first-order valence-electron chi connectivity index (χ1n) is 8.08. The molecule has 0 unspecified atom stereocenters. The van der Waals surface area contributed by atoms with Crippen molar-refractivity contribution in [1.29, 1.82) is 0 Å². The Morgan fingerprint density at radius 3 is 2.65 bits per heavy atom. The Bertz CT molecular complexity index is 859. The zero-order valence-electron chi connectivity index (χ0n) is 14.2. The number of tetrazole rings is 1. The van der Waals surface area contributed by atoms with Crippen molar-refractivity contribution >= 4 is 29.6 Å². The molecule has 9 heteroatoms. The number of rotatable bonds is 5. The molecule has 2 heterocycles. The van der Waals surface area contributed by atoms with Crippen LogP contribution >= 0.6 is 0 Å². The molecule has 0 saturated carbocycles. The summed E-state index contributed by atoms with van der Waals surface area (Å²) in [5, 5.41) is 11.1. The Labute approximate surface area is 149 Å². The van der Waals surface area contributed by atoms with Gasteiger partial charge in [0.2, 0.25) is 5.91 Å². The van der Waals surface area contributed by atoms with E-state index < -0.39 is 18.5 Å². The van der Waals surface area contributed by atoms with Crippen LogP contribution in [0.25, 0.3) is 11.8 Å². The Hall–Kier alpha value is -3.36. The zero-order valence-corrected chi connectivity index (χ0v) is 14.2. The van der Waals surface area contributed by atoms with Gasteiger partial charge in [0.15, 0.2) is 18.1 Å². The van der Waals surface area contributed by atoms with Crippen molar-refractivity contribution in [2.75, 3.05) is 13.2 Å². The van der Waals surface area contributed by atoms with Crippen LogP contribution in [0.5, 0.6) is 0 Å². The van der Waals surface area contributed by atoms with Gasteiger partial charge in [-0.05, 0) is 35.4 Å². The Morgan fingerprint density at radius 1 is 1.27 bits per heavy atom. The minimum absolute atomic E-state index is 0.0687. The van der Waals surface area contributed by atoms with Gasteiger partial charge in [0, 0.05) is 13.0 Å². The van der Waals surface area contributed by atoms with Crippen LogP contribution in [0.15, 0.2) is 30.3 Å². The smallest absolute Gasteiger partial charge is 0.357 e. The highest BCUT2D eigenvalue weighted by molar-refractivity contribution is 6.15. The number of carbonyl (C=O) groups excluding carboxylic acids is 3. The molecule has 1 aromatic heterocycles. The molecule has 1 aromatic carbocycles. The third-order valence-electron chi connectivity index (χ3n) is 3.87. The van der Waals surface area contributed by atoms with Crippen LogP contribution in [0.3, 0.4) is 0 Å². The monoisotopic (exact) mass is 355 g/mol. The molecular weight excluding hydrogens is 338 g/mol. The lowest BCUT2D eigenvalue weighted by atomic mass is 10.2. The SMILES string of the molecule is Cc1nnnn1C(=Cc1ccccc1)C(=O)OCC(=O)N1CCCC1=O. The van der Waals surface area contributed by atoms with E-state index in [1.54, 1.807) is 25.1 Å². The van der Waals surface area contributed by atoms with Crippen molar-refractivity contribution in [1.82, 2.24) is 25.1 Å². The zero-order chi connectivity index (χ0) is 18.5. The van der Waals surface area contributed by atoms with Crippen molar-refractivity contribution < 1.29 is 19.1 Å². The number of aryl methyl sites for hydroxylation is 1. The number of ether oxygens (including phenoxy) is 1. The van der Waals surface area contributed by atoms with E-state index >= 15 is 0 Å². The van der Waals surface area contributed by atoms with Crippen LogP contribution in [-0.4, -0.2) is 56.0 Å². The topological polar surface area (TPSA) is 107 Å². The van der Waals surface area contributed by atoms with E-state index in [1.807, 2.05) is 18.2 Å². The third kappa shape index (κ3) is 3.82. The number of hydrogen-bond acceptors (Lipinski definition) is 7. The highest BCUT2D eigenvalue weighted by Gasteiger charge is 2.28. The molecule has 2 amide bonds. The average Bonchev–Trinajstić information content (AvgIpc) is 3.26. The summed E-state index contributed by atoms with van der Waals surface area (Å²) in [4.78, 5) is 37.3. The fourth-order valence-electron chi connectivity index (χ4n) is 2.56. The fraction of sp³-hybridized carbons (Fsp3) is 0.294. The lowest BCUT2D eigenvalue weighted by Gasteiger charge is -2.14. The quantitative estimate of drug-likeness (QED) is 0.573. The highest BCUT2D eigenvalue weighted by Crippen LogP contribution is 2.14. The van der Waals surface area contributed by atoms with Gasteiger partial charge >= 0.3 is 5.97 Å². The average molecular weight is 355 g/mol. The van der Waals surface area contributed by atoms with E-state index in [0.29, 0.717) is 25.2 Å². The predicted octanol–water partition coefficient (Wildman–Crippen LogP) is 0.672. The van der Waals surface area contributed by atoms with Gasteiger partial charge in [-0.25, -0.2) is 4.79 Å². The summed E-state index contributed by atoms with van der Waals surface area (Å²) in [5.74, 6) is -1.15. The largest absolute Gasteiger partial charge is 0.451 e. The number of benzene rings is 1. The molecule has 0 N–H and O–H groups in total. The molecule has 0 bridgehead atoms. The van der Waals surface area contributed by atoms with Crippen LogP contribution < -0.4 is 0 Å². The van der Waals surface area contributed by atoms with Crippen LogP contribution in [0.2, 0.25) is 0 Å². The van der Waals surface area contributed by atoms with Gasteiger partial charge in [-0.2, -0.15) is 4.68 Å². The molecular formula is C17H17N5O4. The van der Waals surface area contributed by atoms with Gasteiger partial charge in [0.25, 0.3) is 5.91 Å². The summed E-state index contributed by atoms with van der Waals surface area (Å²) in [6.07, 6.45) is 2.53. The molecule has 0 spiro atoms. The fourth-order valence-corrected chi connectivity index (χ4v) is 2.56. The van der Waals surface area contributed by atoms with Crippen molar-refractivity contribution in [3.63, 3.8) is 0 Å². The summed E-state index contributed by atoms with van der Waals surface area (Å²) >= 11 is 0. The lowest BCUT2D eigenvalue weighted by Crippen LogP contribution is -2.35. The molecule has 9 nitrogen and oxygen atoms in total. The van der Waals surface area contributed by atoms with Gasteiger partial charge in [0.1, 0.15) is 0 Å². The minimum Gasteiger partial charge on any atom is -0.451 e. The Morgan fingerprint density at radius 2 is 2.04 bits per heavy atom. The predicted molar refractivity (Wildman–Crippen MR) is 90.1 cm³/mol. The first-order valence-corrected chi connectivity index (χ1v) is 8.08. The second-order valence-electron chi connectivity index (χ2n) is 5.70. The Balaban J connectivity index is 1.77. The van der Waals surface area contributed by atoms with Crippen LogP contribution in [0, 0.1) is 6.92 Å². The molecule has 1 fully saturated rings. The molecule has 3 rings (SSSR count). The van der Waals surface area contributed by atoms with Crippen molar-refractivity contribution in [2.24, 2.45) is 0 Å². The summed E-state index contributed by atoms with van der Waals surface area (Å²) in [6, 6.07) is 9.11. The summed E-state index contributed by atoms with van der Waals surface area (Å²) in [6.45, 7) is 1.48.